The van der Waals surface area contributed by atoms with Gasteiger partial charge in [0.1, 0.15) is 11.5 Å². The maximum atomic E-state index is 9.69. The number of phenolic OH excluding ortho intramolecular Hbond substituents is 2. The summed E-state index contributed by atoms with van der Waals surface area (Å²) in [7, 11) is 3.26. The SMILES string of the molecule is COC(CCc1cc(O)ccc1C)(CCc1cc(O)ccc1Cl)OC. The Balaban J connectivity index is 2.09. The van der Waals surface area contributed by atoms with Crippen LogP contribution >= 0.6 is 11.6 Å². The lowest BCUT2D eigenvalue weighted by atomic mass is 9.95. The summed E-state index contributed by atoms with van der Waals surface area (Å²) in [5.41, 5.74) is 3.04. The zero-order valence-corrected chi connectivity index (χ0v) is 15.6. The molecule has 0 spiro atoms. The zero-order valence-electron chi connectivity index (χ0n) is 14.9. The van der Waals surface area contributed by atoms with Crippen molar-refractivity contribution < 1.29 is 19.7 Å². The molecule has 0 aromatic heterocycles. The van der Waals surface area contributed by atoms with Crippen LogP contribution < -0.4 is 0 Å². The van der Waals surface area contributed by atoms with Crippen molar-refractivity contribution in [3.8, 4) is 11.5 Å². The zero-order chi connectivity index (χ0) is 18.4. The molecule has 0 saturated carbocycles. The summed E-state index contributed by atoms with van der Waals surface area (Å²) in [4.78, 5) is 0. The third-order valence-corrected chi connectivity index (χ3v) is 5.03. The highest BCUT2D eigenvalue weighted by atomic mass is 35.5. The molecule has 25 heavy (non-hydrogen) atoms. The Kier molecular flexibility index (Phi) is 6.71. The van der Waals surface area contributed by atoms with Crippen molar-refractivity contribution in [3.05, 3.63) is 58.1 Å². The molecule has 2 N–H and O–H groups in total. The summed E-state index contributed by atoms with van der Waals surface area (Å²) < 4.78 is 11.4. The number of benzene rings is 2. The van der Waals surface area contributed by atoms with Gasteiger partial charge in [-0.15, -0.1) is 0 Å². The van der Waals surface area contributed by atoms with Gasteiger partial charge in [0, 0.05) is 32.1 Å². The average Bonchev–Trinajstić information content (AvgIpc) is 2.61. The molecule has 136 valence electrons. The van der Waals surface area contributed by atoms with E-state index in [0.717, 1.165) is 23.1 Å². The van der Waals surface area contributed by atoms with Crippen molar-refractivity contribution in [1.29, 1.82) is 0 Å². The van der Waals surface area contributed by atoms with E-state index in [9.17, 15) is 10.2 Å². The Morgan fingerprint density at radius 3 is 2.00 bits per heavy atom. The van der Waals surface area contributed by atoms with Gasteiger partial charge in [-0.3, -0.25) is 0 Å². The van der Waals surface area contributed by atoms with Crippen molar-refractivity contribution >= 4 is 11.6 Å². The number of hydrogen-bond acceptors (Lipinski definition) is 4. The van der Waals surface area contributed by atoms with E-state index in [0.29, 0.717) is 24.3 Å². The molecule has 0 radical (unpaired) electrons. The minimum Gasteiger partial charge on any atom is -0.508 e. The molecule has 2 aromatic rings. The van der Waals surface area contributed by atoms with Crippen LogP contribution in [0.3, 0.4) is 0 Å². The number of aromatic hydroxyl groups is 2. The molecule has 2 rings (SSSR count). The molecule has 5 heteroatoms. The summed E-state index contributed by atoms with van der Waals surface area (Å²) >= 11 is 6.20. The van der Waals surface area contributed by atoms with Crippen LogP contribution in [-0.4, -0.2) is 30.2 Å². The third-order valence-electron chi connectivity index (χ3n) is 4.66. The normalized spacial score (nSPS) is 11.7. The van der Waals surface area contributed by atoms with Gasteiger partial charge in [0.25, 0.3) is 0 Å². The lowest BCUT2D eigenvalue weighted by molar-refractivity contribution is -0.214. The first-order valence-electron chi connectivity index (χ1n) is 8.25. The molecular formula is C20H25ClO4. The molecule has 4 nitrogen and oxygen atoms in total. The van der Waals surface area contributed by atoms with E-state index in [1.54, 1.807) is 44.6 Å². The molecule has 0 amide bonds. The molecular weight excluding hydrogens is 340 g/mol. The van der Waals surface area contributed by atoms with Crippen LogP contribution in [-0.2, 0) is 22.3 Å². The molecule has 0 unspecified atom stereocenters. The Hall–Kier alpha value is -1.75. The second-order valence-corrected chi connectivity index (χ2v) is 6.61. The number of rotatable bonds is 8. The highest BCUT2D eigenvalue weighted by molar-refractivity contribution is 6.31. The fourth-order valence-corrected chi connectivity index (χ4v) is 3.16. The highest BCUT2D eigenvalue weighted by Crippen LogP contribution is 2.30. The number of methoxy groups -OCH3 is 2. The van der Waals surface area contributed by atoms with E-state index in [-0.39, 0.29) is 11.5 Å². The van der Waals surface area contributed by atoms with Gasteiger partial charge in [0.05, 0.1) is 0 Å². The monoisotopic (exact) mass is 364 g/mol. The number of ether oxygens (including phenoxy) is 2. The van der Waals surface area contributed by atoms with Gasteiger partial charge in [-0.05, 0) is 66.8 Å². The predicted octanol–water partition coefficient (Wildman–Crippen LogP) is 4.61. The van der Waals surface area contributed by atoms with Gasteiger partial charge in [-0.25, -0.2) is 0 Å². The minimum atomic E-state index is -0.757. The van der Waals surface area contributed by atoms with E-state index < -0.39 is 5.79 Å². The van der Waals surface area contributed by atoms with Crippen LogP contribution in [0.15, 0.2) is 36.4 Å². The molecule has 0 aliphatic carbocycles. The molecule has 0 fully saturated rings. The van der Waals surface area contributed by atoms with Crippen molar-refractivity contribution in [2.45, 2.75) is 38.4 Å². The van der Waals surface area contributed by atoms with Gasteiger partial charge in [-0.2, -0.15) is 0 Å². The molecule has 0 saturated heterocycles. The summed E-state index contributed by atoms with van der Waals surface area (Å²) in [6.45, 7) is 2.02. The van der Waals surface area contributed by atoms with Crippen molar-refractivity contribution in [1.82, 2.24) is 0 Å². The largest absolute Gasteiger partial charge is 0.508 e. The van der Waals surface area contributed by atoms with Gasteiger partial charge in [-0.1, -0.05) is 17.7 Å². The fraction of sp³-hybridized carbons (Fsp3) is 0.400. The molecule has 2 aromatic carbocycles. The summed E-state index contributed by atoms with van der Waals surface area (Å²) in [5.74, 6) is -0.310. The van der Waals surface area contributed by atoms with E-state index in [4.69, 9.17) is 21.1 Å². The van der Waals surface area contributed by atoms with E-state index >= 15 is 0 Å². The first-order chi connectivity index (χ1) is 11.9. The highest BCUT2D eigenvalue weighted by Gasteiger charge is 2.29. The molecule has 0 heterocycles. The lowest BCUT2D eigenvalue weighted by Gasteiger charge is -2.31. The van der Waals surface area contributed by atoms with E-state index in [2.05, 4.69) is 0 Å². The summed E-state index contributed by atoms with van der Waals surface area (Å²) in [6, 6.07) is 10.3. The Morgan fingerprint density at radius 2 is 1.40 bits per heavy atom. The van der Waals surface area contributed by atoms with Crippen LogP contribution in [0, 0.1) is 6.92 Å². The third kappa shape index (κ3) is 5.11. The molecule has 0 aliphatic heterocycles. The molecule has 0 bridgehead atoms. The molecule has 0 aliphatic rings. The smallest absolute Gasteiger partial charge is 0.168 e. The van der Waals surface area contributed by atoms with E-state index in [1.807, 2.05) is 13.0 Å². The Bertz CT molecular complexity index is 653. The van der Waals surface area contributed by atoms with Crippen molar-refractivity contribution in [3.63, 3.8) is 0 Å². The van der Waals surface area contributed by atoms with Crippen molar-refractivity contribution in [2.75, 3.05) is 14.2 Å². The Labute approximate surface area is 154 Å². The summed E-state index contributed by atoms with van der Waals surface area (Å²) in [6.07, 6.45) is 2.57. The van der Waals surface area contributed by atoms with Gasteiger partial charge >= 0.3 is 0 Å². The minimum absolute atomic E-state index is 0.190. The maximum Gasteiger partial charge on any atom is 0.168 e. The quantitative estimate of drug-likeness (QED) is 0.671. The lowest BCUT2D eigenvalue weighted by Crippen LogP contribution is -2.35. The first kappa shape index (κ1) is 19.6. The second-order valence-electron chi connectivity index (χ2n) is 6.21. The topological polar surface area (TPSA) is 58.9 Å². The number of halogens is 1. The van der Waals surface area contributed by atoms with Crippen LogP contribution in [0.5, 0.6) is 11.5 Å². The number of phenols is 2. The maximum absolute atomic E-state index is 9.69. The van der Waals surface area contributed by atoms with Crippen molar-refractivity contribution in [2.24, 2.45) is 0 Å². The Morgan fingerprint density at radius 1 is 0.880 bits per heavy atom. The van der Waals surface area contributed by atoms with Crippen LogP contribution in [0.4, 0.5) is 0 Å². The van der Waals surface area contributed by atoms with Crippen LogP contribution in [0.2, 0.25) is 5.02 Å². The van der Waals surface area contributed by atoms with Gasteiger partial charge in [0.15, 0.2) is 5.79 Å². The number of hydrogen-bond donors (Lipinski definition) is 2. The van der Waals surface area contributed by atoms with Gasteiger partial charge < -0.3 is 19.7 Å². The predicted molar refractivity (Wildman–Crippen MR) is 99.4 cm³/mol. The van der Waals surface area contributed by atoms with Crippen LogP contribution in [0.1, 0.15) is 29.5 Å². The first-order valence-corrected chi connectivity index (χ1v) is 8.63. The average molecular weight is 365 g/mol. The summed E-state index contributed by atoms with van der Waals surface area (Å²) in [5, 5.41) is 19.9. The standard InChI is InChI=1S/C20H25ClO4/c1-14-4-5-17(22)12-15(14)8-10-20(24-2,25-3)11-9-16-13-18(23)6-7-19(16)21/h4-7,12-13,22-23H,8-11H2,1-3H3. The fourth-order valence-electron chi connectivity index (χ4n) is 2.95. The van der Waals surface area contributed by atoms with Gasteiger partial charge in [0.2, 0.25) is 0 Å². The molecule has 0 atom stereocenters. The van der Waals surface area contributed by atoms with Crippen LogP contribution in [0.25, 0.3) is 0 Å². The van der Waals surface area contributed by atoms with E-state index in [1.165, 1.54) is 0 Å². The number of aryl methyl sites for hydroxylation is 3. The second kappa shape index (κ2) is 8.56.